The highest BCUT2D eigenvalue weighted by atomic mass is 16.3. The van der Waals surface area contributed by atoms with E-state index in [2.05, 4.69) is 44.7 Å². The molecule has 1 unspecified atom stereocenters. The third-order valence-electron chi connectivity index (χ3n) is 8.65. The van der Waals surface area contributed by atoms with E-state index < -0.39 is 12.2 Å². The van der Waals surface area contributed by atoms with Crippen LogP contribution in [0.3, 0.4) is 0 Å². The number of rotatable bonds is 5. The normalized spacial score (nSPS) is 42.1. The summed E-state index contributed by atoms with van der Waals surface area (Å²) in [6.45, 7) is 8.88. The van der Waals surface area contributed by atoms with Gasteiger partial charge in [-0.3, -0.25) is 0 Å². The van der Waals surface area contributed by atoms with E-state index in [-0.39, 0.29) is 6.10 Å². The number of aliphatic hydroxyl groups is 3. The minimum atomic E-state index is -0.621. The maximum atomic E-state index is 10.2. The van der Waals surface area contributed by atoms with Crippen LogP contribution in [0.5, 0.6) is 0 Å². The van der Waals surface area contributed by atoms with Gasteiger partial charge in [0.2, 0.25) is 0 Å². The van der Waals surface area contributed by atoms with Gasteiger partial charge in [0.25, 0.3) is 0 Å². The molecule has 0 aliphatic heterocycles. The van der Waals surface area contributed by atoms with Crippen LogP contribution in [0.2, 0.25) is 0 Å². The highest BCUT2D eigenvalue weighted by Crippen LogP contribution is 2.59. The Balaban J connectivity index is 1.48. The summed E-state index contributed by atoms with van der Waals surface area (Å²) >= 11 is 0. The first kappa shape index (κ1) is 22.0. The lowest BCUT2D eigenvalue weighted by atomic mass is 9.61. The standard InChI is InChI=1S/C27H40O3/c1-17(6-13-25(29)20-8-9-20)23-11-12-24-19(5-4-14-27(23,24)3)7-10-21-15-22(28)16-26(30)18(21)2/h6-7,10,13,17,20,22-26,28-30H,2,4-5,8-9,11-12,14-16H2,1,3H3/t17-,22-,23?,24+,25-,26+,27-/m1/s1. The zero-order chi connectivity index (χ0) is 21.5. The van der Waals surface area contributed by atoms with Crippen molar-refractivity contribution < 1.29 is 15.3 Å². The van der Waals surface area contributed by atoms with Crippen LogP contribution in [0, 0.1) is 29.1 Å². The van der Waals surface area contributed by atoms with Crippen molar-refractivity contribution in [3.8, 4) is 0 Å². The third kappa shape index (κ3) is 4.40. The Morgan fingerprint density at radius 2 is 1.87 bits per heavy atom. The fourth-order valence-corrected chi connectivity index (χ4v) is 6.63. The van der Waals surface area contributed by atoms with Gasteiger partial charge in [0, 0.05) is 6.42 Å². The first-order valence-electron chi connectivity index (χ1n) is 12.1. The van der Waals surface area contributed by atoms with Crippen LogP contribution in [0.15, 0.2) is 47.6 Å². The molecule has 4 saturated carbocycles. The molecule has 0 aromatic carbocycles. The molecule has 0 aromatic heterocycles. The molecule has 0 heterocycles. The lowest BCUT2D eigenvalue weighted by Gasteiger charge is -2.44. The van der Waals surface area contributed by atoms with Crippen LogP contribution >= 0.6 is 0 Å². The predicted octanol–water partition coefficient (Wildman–Crippen LogP) is 5.09. The monoisotopic (exact) mass is 412 g/mol. The molecular formula is C27H40O3. The molecule has 3 nitrogen and oxygen atoms in total. The first-order valence-corrected chi connectivity index (χ1v) is 12.1. The lowest BCUT2D eigenvalue weighted by molar-refractivity contribution is 0.0862. The van der Waals surface area contributed by atoms with Crippen LogP contribution < -0.4 is 0 Å². The zero-order valence-corrected chi connectivity index (χ0v) is 18.8. The average molecular weight is 413 g/mol. The summed E-state index contributed by atoms with van der Waals surface area (Å²) in [5.74, 6) is 2.28. The molecule has 0 amide bonds. The SMILES string of the molecule is C=C1C(=CC=C2CCC[C@]3(C)C([C@H](C)C=C[C@@H](O)C4CC4)CC[C@@H]23)C[C@@H](O)C[C@@H]1O. The number of fused-ring (bicyclic) bond motifs is 1. The molecule has 3 N–H and O–H groups in total. The average Bonchev–Trinajstić information content (AvgIpc) is 3.49. The van der Waals surface area contributed by atoms with Crippen molar-refractivity contribution in [2.45, 2.75) is 89.9 Å². The van der Waals surface area contributed by atoms with Crippen molar-refractivity contribution in [2.75, 3.05) is 0 Å². The number of hydrogen-bond donors (Lipinski definition) is 3. The summed E-state index contributed by atoms with van der Waals surface area (Å²) in [5, 5.41) is 30.4. The Kier molecular flexibility index (Phi) is 6.44. The lowest BCUT2D eigenvalue weighted by Crippen LogP contribution is -2.35. The van der Waals surface area contributed by atoms with Gasteiger partial charge in [0.05, 0.1) is 18.3 Å². The summed E-state index contributed by atoms with van der Waals surface area (Å²) < 4.78 is 0. The third-order valence-corrected chi connectivity index (χ3v) is 8.65. The second-order valence-corrected chi connectivity index (χ2v) is 10.7. The maximum absolute atomic E-state index is 10.2. The van der Waals surface area contributed by atoms with Crippen LogP contribution in [0.25, 0.3) is 0 Å². The molecule has 166 valence electrons. The Bertz CT molecular complexity index is 743. The van der Waals surface area contributed by atoms with Gasteiger partial charge < -0.3 is 15.3 Å². The van der Waals surface area contributed by atoms with Gasteiger partial charge >= 0.3 is 0 Å². The predicted molar refractivity (Wildman–Crippen MR) is 122 cm³/mol. The molecule has 30 heavy (non-hydrogen) atoms. The highest BCUT2D eigenvalue weighted by molar-refractivity contribution is 5.38. The molecule has 0 saturated heterocycles. The fourth-order valence-electron chi connectivity index (χ4n) is 6.63. The van der Waals surface area contributed by atoms with Crippen LogP contribution in [-0.4, -0.2) is 33.6 Å². The van der Waals surface area contributed by atoms with E-state index in [9.17, 15) is 15.3 Å². The molecule has 4 rings (SSSR count). The van der Waals surface area contributed by atoms with Gasteiger partial charge in [-0.2, -0.15) is 0 Å². The number of allylic oxidation sites excluding steroid dienone is 4. The molecule has 7 atom stereocenters. The van der Waals surface area contributed by atoms with Gasteiger partial charge in [-0.15, -0.1) is 0 Å². The second kappa shape index (κ2) is 8.76. The van der Waals surface area contributed by atoms with Crippen molar-refractivity contribution >= 4 is 0 Å². The van der Waals surface area contributed by atoms with E-state index in [0.29, 0.717) is 41.9 Å². The van der Waals surface area contributed by atoms with Crippen molar-refractivity contribution in [1.82, 2.24) is 0 Å². The molecular weight excluding hydrogens is 372 g/mol. The minimum Gasteiger partial charge on any atom is -0.393 e. The van der Waals surface area contributed by atoms with Crippen molar-refractivity contribution in [1.29, 1.82) is 0 Å². The Morgan fingerprint density at radius 1 is 1.10 bits per heavy atom. The van der Waals surface area contributed by atoms with Crippen molar-refractivity contribution in [3.63, 3.8) is 0 Å². The van der Waals surface area contributed by atoms with Gasteiger partial charge in [0.15, 0.2) is 0 Å². The molecule has 0 spiro atoms. The van der Waals surface area contributed by atoms with E-state index in [0.717, 1.165) is 17.6 Å². The van der Waals surface area contributed by atoms with Crippen LogP contribution in [0.1, 0.15) is 71.6 Å². The van der Waals surface area contributed by atoms with E-state index in [1.165, 1.54) is 44.1 Å². The van der Waals surface area contributed by atoms with Gasteiger partial charge in [0.1, 0.15) is 0 Å². The molecule has 4 aliphatic carbocycles. The van der Waals surface area contributed by atoms with Crippen LogP contribution in [-0.2, 0) is 0 Å². The Morgan fingerprint density at radius 3 is 2.60 bits per heavy atom. The Hall–Kier alpha value is -1.16. The summed E-state index contributed by atoms with van der Waals surface area (Å²) in [7, 11) is 0. The fraction of sp³-hybridized carbons (Fsp3) is 0.704. The van der Waals surface area contributed by atoms with E-state index in [1.54, 1.807) is 0 Å². The van der Waals surface area contributed by atoms with E-state index in [1.807, 2.05) is 0 Å². The van der Waals surface area contributed by atoms with Crippen molar-refractivity contribution in [2.24, 2.45) is 29.1 Å². The minimum absolute atomic E-state index is 0.250. The first-order chi connectivity index (χ1) is 14.3. The summed E-state index contributed by atoms with van der Waals surface area (Å²) in [6.07, 6.45) is 16.9. The van der Waals surface area contributed by atoms with E-state index in [4.69, 9.17) is 0 Å². The van der Waals surface area contributed by atoms with Crippen molar-refractivity contribution in [3.05, 3.63) is 47.6 Å². The van der Waals surface area contributed by atoms with Gasteiger partial charge in [-0.05, 0) is 91.6 Å². The smallest absolute Gasteiger partial charge is 0.0811 e. The number of hydrogen-bond acceptors (Lipinski definition) is 3. The van der Waals surface area contributed by atoms with Gasteiger partial charge in [-0.25, -0.2) is 0 Å². The van der Waals surface area contributed by atoms with Crippen LogP contribution in [0.4, 0.5) is 0 Å². The molecule has 4 aliphatic rings. The largest absolute Gasteiger partial charge is 0.393 e. The van der Waals surface area contributed by atoms with E-state index >= 15 is 0 Å². The zero-order valence-electron chi connectivity index (χ0n) is 18.8. The molecule has 0 bridgehead atoms. The second-order valence-electron chi connectivity index (χ2n) is 10.7. The molecule has 4 fully saturated rings. The maximum Gasteiger partial charge on any atom is 0.0811 e. The summed E-state index contributed by atoms with van der Waals surface area (Å²) in [5.41, 5.74) is 3.63. The summed E-state index contributed by atoms with van der Waals surface area (Å²) in [4.78, 5) is 0. The Labute approximate surface area is 182 Å². The molecule has 3 heteroatoms. The quantitative estimate of drug-likeness (QED) is 0.551. The molecule has 0 radical (unpaired) electrons. The topological polar surface area (TPSA) is 60.7 Å². The summed E-state index contributed by atoms with van der Waals surface area (Å²) in [6, 6.07) is 0. The number of aliphatic hydroxyl groups excluding tert-OH is 3. The molecule has 0 aromatic rings. The van der Waals surface area contributed by atoms with Gasteiger partial charge in [-0.1, -0.05) is 50.3 Å². The highest BCUT2D eigenvalue weighted by Gasteiger charge is 2.50.